The minimum absolute atomic E-state index is 0.113. The smallest absolute Gasteiger partial charge is 0.201 e. The number of hydrogen-bond donors (Lipinski definition) is 1. The highest BCUT2D eigenvalue weighted by Crippen LogP contribution is 2.46. The molecule has 0 spiro atoms. The van der Waals surface area contributed by atoms with E-state index in [4.69, 9.17) is 17.3 Å². The number of hydrogen-bond acceptors (Lipinski definition) is 2. The average Bonchev–Trinajstić information content (AvgIpc) is 2.82. The van der Waals surface area contributed by atoms with Crippen LogP contribution in [0, 0.1) is 11.7 Å². The summed E-state index contributed by atoms with van der Waals surface area (Å²) in [5.41, 5.74) is 7.23. The third kappa shape index (κ3) is 1.29. The van der Waals surface area contributed by atoms with Crippen molar-refractivity contribution in [3.05, 3.63) is 23.0 Å². The van der Waals surface area contributed by atoms with Gasteiger partial charge in [-0.25, -0.2) is 9.37 Å². The maximum absolute atomic E-state index is 13.3. The fraction of sp³-hybridized carbons (Fsp3) is 0.364. The Kier molecular flexibility index (Phi) is 1.92. The van der Waals surface area contributed by atoms with Crippen LogP contribution in [0.1, 0.15) is 19.4 Å². The van der Waals surface area contributed by atoms with Gasteiger partial charge >= 0.3 is 0 Å². The second kappa shape index (κ2) is 3.10. The monoisotopic (exact) mass is 239 g/mol. The summed E-state index contributed by atoms with van der Waals surface area (Å²) >= 11 is 5.77. The third-order valence-electron chi connectivity index (χ3n) is 3.16. The molecule has 1 aromatic heterocycles. The molecule has 0 saturated heterocycles. The quantitative estimate of drug-likeness (QED) is 0.832. The van der Waals surface area contributed by atoms with Crippen molar-refractivity contribution < 1.29 is 4.39 Å². The lowest BCUT2D eigenvalue weighted by Gasteiger charge is -2.04. The Bertz CT molecular complexity index is 578. The van der Waals surface area contributed by atoms with Gasteiger partial charge in [0.15, 0.2) is 0 Å². The van der Waals surface area contributed by atoms with Gasteiger partial charge in [0.25, 0.3) is 0 Å². The van der Waals surface area contributed by atoms with Crippen LogP contribution >= 0.6 is 11.6 Å². The van der Waals surface area contributed by atoms with Crippen molar-refractivity contribution >= 4 is 28.6 Å². The molecule has 3 rings (SSSR count). The molecule has 0 bridgehead atoms. The van der Waals surface area contributed by atoms with Gasteiger partial charge in [0.05, 0.1) is 16.1 Å². The van der Waals surface area contributed by atoms with Crippen LogP contribution in [0.4, 0.5) is 10.3 Å². The molecule has 2 unspecified atom stereocenters. The van der Waals surface area contributed by atoms with Crippen LogP contribution in [0.5, 0.6) is 0 Å². The molecule has 1 aliphatic rings. The van der Waals surface area contributed by atoms with Crippen molar-refractivity contribution in [3.63, 3.8) is 0 Å². The van der Waals surface area contributed by atoms with Gasteiger partial charge in [-0.3, -0.25) is 0 Å². The van der Waals surface area contributed by atoms with E-state index in [2.05, 4.69) is 11.9 Å². The molecule has 0 amide bonds. The molecule has 16 heavy (non-hydrogen) atoms. The Labute approximate surface area is 97.0 Å². The van der Waals surface area contributed by atoms with Gasteiger partial charge in [-0.2, -0.15) is 0 Å². The minimum Gasteiger partial charge on any atom is -0.369 e. The predicted octanol–water partition coefficient (Wildman–Crippen LogP) is 2.99. The van der Waals surface area contributed by atoms with Gasteiger partial charge in [-0.1, -0.05) is 18.5 Å². The van der Waals surface area contributed by atoms with E-state index in [9.17, 15) is 4.39 Å². The zero-order valence-corrected chi connectivity index (χ0v) is 9.50. The third-order valence-corrected chi connectivity index (χ3v) is 3.45. The van der Waals surface area contributed by atoms with E-state index in [0.29, 0.717) is 23.4 Å². The van der Waals surface area contributed by atoms with Crippen LogP contribution < -0.4 is 5.73 Å². The molecular weight excluding hydrogens is 229 g/mol. The number of anilines is 1. The van der Waals surface area contributed by atoms with Gasteiger partial charge in [0.1, 0.15) is 5.82 Å². The summed E-state index contributed by atoms with van der Waals surface area (Å²) in [5.74, 6) is 0.581. The van der Waals surface area contributed by atoms with Crippen LogP contribution in [0.15, 0.2) is 12.1 Å². The Balaban J connectivity index is 2.27. The Hall–Kier alpha value is -1.29. The lowest BCUT2D eigenvalue weighted by atomic mass is 10.3. The molecule has 2 N–H and O–H groups in total. The number of fused-ring (bicyclic) bond motifs is 1. The van der Waals surface area contributed by atoms with Gasteiger partial charge in [-0.05, 0) is 18.4 Å². The van der Waals surface area contributed by atoms with Crippen molar-refractivity contribution in [2.24, 2.45) is 5.92 Å². The maximum Gasteiger partial charge on any atom is 0.201 e. The average molecular weight is 240 g/mol. The number of nitrogen functional groups attached to an aromatic ring is 1. The van der Waals surface area contributed by atoms with Gasteiger partial charge in [-0.15, -0.1) is 0 Å². The molecule has 1 aromatic carbocycles. The predicted molar refractivity (Wildman–Crippen MR) is 61.9 cm³/mol. The zero-order chi connectivity index (χ0) is 11.4. The van der Waals surface area contributed by atoms with Crippen LogP contribution in [0.2, 0.25) is 5.02 Å². The highest BCUT2D eigenvalue weighted by molar-refractivity contribution is 6.31. The molecule has 1 saturated carbocycles. The number of halogens is 2. The summed E-state index contributed by atoms with van der Waals surface area (Å²) in [6.07, 6.45) is 1.09. The molecular formula is C11H11ClFN3. The van der Waals surface area contributed by atoms with E-state index >= 15 is 0 Å². The normalized spacial score (nSPS) is 23.9. The van der Waals surface area contributed by atoms with Crippen molar-refractivity contribution in [1.82, 2.24) is 9.55 Å². The summed E-state index contributed by atoms with van der Waals surface area (Å²) in [5, 5.41) is 0.113. The number of aromatic nitrogens is 2. The second-order valence-electron chi connectivity index (χ2n) is 4.38. The van der Waals surface area contributed by atoms with E-state index in [1.54, 1.807) is 6.07 Å². The summed E-state index contributed by atoms with van der Waals surface area (Å²) in [6, 6.07) is 3.31. The van der Waals surface area contributed by atoms with E-state index in [-0.39, 0.29) is 5.02 Å². The van der Waals surface area contributed by atoms with Gasteiger partial charge < -0.3 is 10.3 Å². The summed E-state index contributed by atoms with van der Waals surface area (Å²) in [7, 11) is 0. The second-order valence-corrected chi connectivity index (χ2v) is 4.78. The Morgan fingerprint density at radius 3 is 2.88 bits per heavy atom. The summed E-state index contributed by atoms with van der Waals surface area (Å²) in [4.78, 5) is 4.15. The molecule has 0 radical (unpaired) electrons. The van der Waals surface area contributed by atoms with Crippen LogP contribution in [-0.4, -0.2) is 9.55 Å². The fourth-order valence-electron chi connectivity index (χ4n) is 2.12. The van der Waals surface area contributed by atoms with Gasteiger partial charge in [0.2, 0.25) is 5.95 Å². The molecule has 3 nitrogen and oxygen atoms in total. The lowest BCUT2D eigenvalue weighted by molar-refractivity contribution is 0.629. The number of nitrogens with two attached hydrogens (primary N) is 1. The van der Waals surface area contributed by atoms with Crippen molar-refractivity contribution in [2.75, 3.05) is 5.73 Å². The first-order valence-electron chi connectivity index (χ1n) is 5.20. The number of benzene rings is 1. The molecule has 1 fully saturated rings. The number of rotatable bonds is 1. The molecule has 0 aliphatic heterocycles. The largest absolute Gasteiger partial charge is 0.369 e. The molecule has 2 aromatic rings. The standard InChI is InChI=1S/C11H11ClFN3/c1-5-2-9(5)16-10-3-6(12)7(13)4-8(10)15-11(16)14/h3-5,9H,2H2,1H3,(H2,14,15). The molecule has 2 atom stereocenters. The topological polar surface area (TPSA) is 43.8 Å². The van der Waals surface area contributed by atoms with E-state index in [1.807, 2.05) is 4.57 Å². The molecule has 84 valence electrons. The summed E-state index contributed by atoms with van der Waals surface area (Å²) < 4.78 is 15.2. The first kappa shape index (κ1) is 9.90. The van der Waals surface area contributed by atoms with Crippen molar-refractivity contribution in [2.45, 2.75) is 19.4 Å². The lowest BCUT2D eigenvalue weighted by Crippen LogP contribution is -2.01. The first-order chi connectivity index (χ1) is 7.58. The number of imidazole rings is 1. The van der Waals surface area contributed by atoms with Crippen LogP contribution in [0.25, 0.3) is 11.0 Å². The molecule has 1 heterocycles. The Morgan fingerprint density at radius 1 is 1.56 bits per heavy atom. The molecule has 1 aliphatic carbocycles. The number of nitrogens with zero attached hydrogens (tertiary/aromatic N) is 2. The van der Waals surface area contributed by atoms with Crippen molar-refractivity contribution in [1.29, 1.82) is 0 Å². The molecule has 5 heteroatoms. The summed E-state index contributed by atoms with van der Waals surface area (Å²) in [6.45, 7) is 2.15. The van der Waals surface area contributed by atoms with E-state index in [1.165, 1.54) is 6.07 Å². The minimum atomic E-state index is -0.456. The van der Waals surface area contributed by atoms with E-state index < -0.39 is 5.82 Å². The zero-order valence-electron chi connectivity index (χ0n) is 8.74. The SMILES string of the molecule is CC1CC1n1c(N)nc2cc(F)c(Cl)cc21. The van der Waals surface area contributed by atoms with Crippen LogP contribution in [-0.2, 0) is 0 Å². The van der Waals surface area contributed by atoms with E-state index in [0.717, 1.165) is 11.9 Å². The van der Waals surface area contributed by atoms with Gasteiger partial charge in [0, 0.05) is 12.1 Å². The first-order valence-corrected chi connectivity index (χ1v) is 5.58. The van der Waals surface area contributed by atoms with Crippen LogP contribution in [0.3, 0.4) is 0 Å². The highest BCUT2D eigenvalue weighted by Gasteiger charge is 2.36. The Morgan fingerprint density at radius 2 is 2.25 bits per heavy atom. The maximum atomic E-state index is 13.3. The fourth-order valence-corrected chi connectivity index (χ4v) is 2.28. The van der Waals surface area contributed by atoms with Crippen molar-refractivity contribution in [3.8, 4) is 0 Å². The highest BCUT2D eigenvalue weighted by atomic mass is 35.5.